The molecule has 0 aliphatic carbocycles. The minimum Gasteiger partial charge on any atom is -0.389 e. The standard InChI is InChI=1S/C12H17NO/c1-4-9-13(3)12-7-5-11(6-8-12)10(2)14/h4-8,10,14H,1,9H2,2-3H3/t10-/m0/s1. The zero-order chi connectivity index (χ0) is 10.6. The molecule has 0 fully saturated rings. The van der Waals surface area contributed by atoms with E-state index in [2.05, 4.69) is 11.5 Å². The normalized spacial score (nSPS) is 12.2. The summed E-state index contributed by atoms with van der Waals surface area (Å²) in [6, 6.07) is 7.90. The molecule has 14 heavy (non-hydrogen) atoms. The second kappa shape index (κ2) is 4.82. The Hall–Kier alpha value is -1.28. The second-order valence-corrected chi connectivity index (χ2v) is 3.44. The van der Waals surface area contributed by atoms with Gasteiger partial charge in [0.2, 0.25) is 0 Å². The van der Waals surface area contributed by atoms with Gasteiger partial charge in [0.1, 0.15) is 0 Å². The number of nitrogens with zero attached hydrogens (tertiary/aromatic N) is 1. The largest absolute Gasteiger partial charge is 0.389 e. The predicted octanol–water partition coefficient (Wildman–Crippen LogP) is 2.36. The zero-order valence-corrected chi connectivity index (χ0v) is 8.77. The summed E-state index contributed by atoms with van der Waals surface area (Å²) in [7, 11) is 2.01. The molecule has 1 atom stereocenters. The van der Waals surface area contributed by atoms with Crippen molar-refractivity contribution in [1.82, 2.24) is 0 Å². The number of likely N-dealkylation sites (N-methyl/N-ethyl adjacent to an activating group) is 1. The Labute approximate surface area is 85.5 Å². The van der Waals surface area contributed by atoms with E-state index in [1.165, 1.54) is 0 Å². The molecule has 76 valence electrons. The maximum atomic E-state index is 9.33. The van der Waals surface area contributed by atoms with E-state index < -0.39 is 6.10 Å². The lowest BCUT2D eigenvalue weighted by atomic mass is 10.1. The first kappa shape index (κ1) is 10.8. The van der Waals surface area contributed by atoms with Crippen molar-refractivity contribution in [2.24, 2.45) is 0 Å². The quantitative estimate of drug-likeness (QED) is 0.738. The van der Waals surface area contributed by atoms with Crippen LogP contribution in [0.4, 0.5) is 5.69 Å². The molecule has 0 aliphatic heterocycles. The van der Waals surface area contributed by atoms with Gasteiger partial charge in [-0.2, -0.15) is 0 Å². The van der Waals surface area contributed by atoms with Crippen molar-refractivity contribution in [2.45, 2.75) is 13.0 Å². The third-order valence-corrected chi connectivity index (χ3v) is 2.22. The highest BCUT2D eigenvalue weighted by atomic mass is 16.3. The molecule has 0 amide bonds. The lowest BCUT2D eigenvalue weighted by molar-refractivity contribution is 0.199. The first-order valence-electron chi connectivity index (χ1n) is 4.75. The summed E-state index contributed by atoms with van der Waals surface area (Å²) >= 11 is 0. The van der Waals surface area contributed by atoms with E-state index in [1.54, 1.807) is 6.92 Å². The molecule has 1 aromatic rings. The van der Waals surface area contributed by atoms with Crippen LogP contribution >= 0.6 is 0 Å². The van der Waals surface area contributed by atoms with E-state index in [-0.39, 0.29) is 0 Å². The highest BCUT2D eigenvalue weighted by Crippen LogP contribution is 2.17. The summed E-state index contributed by atoms with van der Waals surface area (Å²) in [5, 5.41) is 9.33. The van der Waals surface area contributed by atoms with Crippen molar-refractivity contribution in [3.8, 4) is 0 Å². The molecule has 0 aliphatic rings. The first-order valence-corrected chi connectivity index (χ1v) is 4.75. The summed E-state index contributed by atoms with van der Waals surface area (Å²) < 4.78 is 0. The molecule has 0 radical (unpaired) electrons. The maximum absolute atomic E-state index is 9.33. The molecule has 1 aromatic carbocycles. The Morgan fingerprint density at radius 2 is 2.00 bits per heavy atom. The first-order chi connectivity index (χ1) is 6.65. The Morgan fingerprint density at radius 1 is 1.43 bits per heavy atom. The molecular formula is C12H17NO. The summed E-state index contributed by atoms with van der Waals surface area (Å²) in [6.45, 7) is 6.28. The van der Waals surface area contributed by atoms with E-state index in [0.29, 0.717) is 0 Å². The van der Waals surface area contributed by atoms with Gasteiger partial charge in [0, 0.05) is 19.3 Å². The molecule has 2 nitrogen and oxygen atoms in total. The molecule has 1 rings (SSSR count). The monoisotopic (exact) mass is 191 g/mol. The van der Waals surface area contributed by atoms with Gasteiger partial charge in [-0.3, -0.25) is 0 Å². The highest BCUT2D eigenvalue weighted by Gasteiger charge is 2.01. The number of hydrogen-bond acceptors (Lipinski definition) is 2. The predicted molar refractivity (Wildman–Crippen MR) is 60.5 cm³/mol. The molecule has 2 heteroatoms. The summed E-state index contributed by atoms with van der Waals surface area (Å²) in [6.07, 6.45) is 1.47. The lowest BCUT2D eigenvalue weighted by Crippen LogP contribution is -2.16. The van der Waals surface area contributed by atoms with Gasteiger partial charge in [-0.15, -0.1) is 6.58 Å². The van der Waals surface area contributed by atoms with Crippen molar-refractivity contribution in [1.29, 1.82) is 0 Å². The van der Waals surface area contributed by atoms with Crippen LogP contribution in [-0.2, 0) is 0 Å². The SMILES string of the molecule is C=CCN(C)c1ccc([C@H](C)O)cc1. The molecule has 0 heterocycles. The number of benzene rings is 1. The summed E-state index contributed by atoms with van der Waals surface area (Å²) in [5.74, 6) is 0. The number of aliphatic hydroxyl groups is 1. The number of anilines is 1. The smallest absolute Gasteiger partial charge is 0.0761 e. The van der Waals surface area contributed by atoms with Gasteiger partial charge in [-0.25, -0.2) is 0 Å². The van der Waals surface area contributed by atoms with E-state index in [4.69, 9.17) is 0 Å². The summed E-state index contributed by atoms with van der Waals surface area (Å²) in [5.41, 5.74) is 2.08. The molecule has 1 N–H and O–H groups in total. The lowest BCUT2D eigenvalue weighted by Gasteiger charge is -2.17. The summed E-state index contributed by atoms with van der Waals surface area (Å²) in [4.78, 5) is 2.10. The number of hydrogen-bond donors (Lipinski definition) is 1. The Balaban J connectivity index is 2.77. The fourth-order valence-electron chi connectivity index (χ4n) is 1.31. The molecule has 0 saturated heterocycles. The third kappa shape index (κ3) is 2.60. The van der Waals surface area contributed by atoms with E-state index in [0.717, 1.165) is 17.8 Å². The average molecular weight is 191 g/mol. The van der Waals surface area contributed by atoms with Crippen molar-refractivity contribution < 1.29 is 5.11 Å². The van der Waals surface area contributed by atoms with Gasteiger partial charge in [0.15, 0.2) is 0 Å². The van der Waals surface area contributed by atoms with Crippen LogP contribution in [0, 0.1) is 0 Å². The van der Waals surface area contributed by atoms with Crippen LogP contribution in [0.5, 0.6) is 0 Å². The van der Waals surface area contributed by atoms with Crippen LogP contribution in [0.1, 0.15) is 18.6 Å². The third-order valence-electron chi connectivity index (χ3n) is 2.22. The van der Waals surface area contributed by atoms with Crippen LogP contribution < -0.4 is 4.90 Å². The van der Waals surface area contributed by atoms with Crippen molar-refractivity contribution in [2.75, 3.05) is 18.5 Å². The molecular weight excluding hydrogens is 174 g/mol. The second-order valence-electron chi connectivity index (χ2n) is 3.44. The van der Waals surface area contributed by atoms with Gasteiger partial charge >= 0.3 is 0 Å². The topological polar surface area (TPSA) is 23.5 Å². The Bertz CT molecular complexity index is 290. The number of aliphatic hydroxyl groups excluding tert-OH is 1. The van der Waals surface area contributed by atoms with Crippen molar-refractivity contribution in [3.05, 3.63) is 42.5 Å². The molecule has 0 spiro atoms. The van der Waals surface area contributed by atoms with Gasteiger partial charge in [-0.05, 0) is 24.6 Å². The average Bonchev–Trinajstić information content (AvgIpc) is 2.18. The Morgan fingerprint density at radius 3 is 2.43 bits per heavy atom. The fourth-order valence-corrected chi connectivity index (χ4v) is 1.31. The minimum absolute atomic E-state index is 0.395. The highest BCUT2D eigenvalue weighted by molar-refractivity contribution is 5.47. The fraction of sp³-hybridized carbons (Fsp3) is 0.333. The van der Waals surface area contributed by atoms with Crippen LogP contribution in [0.2, 0.25) is 0 Å². The van der Waals surface area contributed by atoms with E-state index in [9.17, 15) is 5.11 Å². The van der Waals surface area contributed by atoms with Gasteiger partial charge in [0.25, 0.3) is 0 Å². The van der Waals surface area contributed by atoms with Crippen molar-refractivity contribution in [3.63, 3.8) is 0 Å². The van der Waals surface area contributed by atoms with E-state index in [1.807, 2.05) is 37.4 Å². The van der Waals surface area contributed by atoms with Crippen LogP contribution in [-0.4, -0.2) is 18.7 Å². The van der Waals surface area contributed by atoms with Gasteiger partial charge in [0.05, 0.1) is 6.10 Å². The molecule has 0 bridgehead atoms. The minimum atomic E-state index is -0.395. The van der Waals surface area contributed by atoms with Crippen LogP contribution in [0.25, 0.3) is 0 Å². The molecule has 0 saturated carbocycles. The molecule has 0 unspecified atom stereocenters. The van der Waals surface area contributed by atoms with Crippen LogP contribution in [0.3, 0.4) is 0 Å². The van der Waals surface area contributed by atoms with Gasteiger partial charge in [-0.1, -0.05) is 18.2 Å². The number of rotatable bonds is 4. The van der Waals surface area contributed by atoms with Gasteiger partial charge < -0.3 is 10.0 Å². The van der Waals surface area contributed by atoms with Crippen LogP contribution in [0.15, 0.2) is 36.9 Å². The zero-order valence-electron chi connectivity index (χ0n) is 8.77. The maximum Gasteiger partial charge on any atom is 0.0761 e. The van der Waals surface area contributed by atoms with Crippen molar-refractivity contribution >= 4 is 5.69 Å². The molecule has 0 aromatic heterocycles. The Kier molecular flexibility index (Phi) is 3.72. The van der Waals surface area contributed by atoms with E-state index >= 15 is 0 Å².